The second-order valence-electron chi connectivity index (χ2n) is 4.87. The molecule has 1 aliphatic carbocycles. The average Bonchev–Trinajstić information content (AvgIpc) is 2.06. The van der Waals surface area contributed by atoms with Gasteiger partial charge in [-0.05, 0) is 24.7 Å². The second-order valence-corrected chi connectivity index (χ2v) is 4.87. The highest BCUT2D eigenvalue weighted by Gasteiger charge is 2.39. The van der Waals surface area contributed by atoms with E-state index < -0.39 is 0 Å². The van der Waals surface area contributed by atoms with Gasteiger partial charge in [0.2, 0.25) is 5.91 Å². The van der Waals surface area contributed by atoms with Crippen molar-refractivity contribution in [2.24, 2.45) is 16.3 Å². The van der Waals surface area contributed by atoms with Gasteiger partial charge in [-0.15, -0.1) is 0 Å². The van der Waals surface area contributed by atoms with Gasteiger partial charge in [0.15, 0.2) is 0 Å². The maximum Gasteiger partial charge on any atom is 0.230 e. The number of nitrogens with one attached hydrogen (secondary N) is 1. The Morgan fingerprint density at radius 3 is 3.15 bits per heavy atom. The standard InChI is InChI=1S/C10H16N2O/c1-10(2)4-3-8-7(5-10)9(13)12-6-11-8/h6-8H,3-5H2,1-2H3,(H,11,12,13). The van der Waals surface area contributed by atoms with E-state index in [1.165, 1.54) is 6.42 Å². The fraction of sp³-hybridized carbons (Fsp3) is 0.800. The van der Waals surface area contributed by atoms with Crippen molar-refractivity contribution in [1.82, 2.24) is 5.32 Å². The number of carbonyl (C=O) groups excluding carboxylic acids is 1. The van der Waals surface area contributed by atoms with Crippen LogP contribution in [-0.4, -0.2) is 18.3 Å². The largest absolute Gasteiger partial charge is 0.317 e. The number of nitrogens with zero attached hydrogens (tertiary/aromatic N) is 1. The number of hydrogen-bond donors (Lipinski definition) is 1. The number of aliphatic imine (C=N–C) groups is 1. The highest BCUT2D eigenvalue weighted by Crippen LogP contribution is 2.40. The topological polar surface area (TPSA) is 41.5 Å². The fourth-order valence-electron chi connectivity index (χ4n) is 2.32. The number of rotatable bonds is 0. The summed E-state index contributed by atoms with van der Waals surface area (Å²) in [7, 11) is 0. The second kappa shape index (κ2) is 2.82. The van der Waals surface area contributed by atoms with E-state index in [4.69, 9.17) is 0 Å². The first-order chi connectivity index (χ1) is 6.08. The van der Waals surface area contributed by atoms with Crippen LogP contribution in [0.25, 0.3) is 0 Å². The summed E-state index contributed by atoms with van der Waals surface area (Å²) < 4.78 is 0. The molecule has 1 amide bonds. The minimum atomic E-state index is 0.119. The SMILES string of the molecule is CC1(C)CCC2N=CNC(=O)C2C1. The molecule has 1 aliphatic heterocycles. The van der Waals surface area contributed by atoms with Crippen LogP contribution in [0.3, 0.4) is 0 Å². The van der Waals surface area contributed by atoms with Crippen molar-refractivity contribution >= 4 is 12.2 Å². The van der Waals surface area contributed by atoms with Gasteiger partial charge in [-0.2, -0.15) is 0 Å². The first-order valence-electron chi connectivity index (χ1n) is 4.90. The summed E-state index contributed by atoms with van der Waals surface area (Å²) in [6, 6.07) is 0.252. The maximum atomic E-state index is 11.5. The van der Waals surface area contributed by atoms with Gasteiger partial charge < -0.3 is 5.32 Å². The van der Waals surface area contributed by atoms with E-state index in [0.717, 1.165) is 12.8 Å². The summed E-state index contributed by atoms with van der Waals surface area (Å²) >= 11 is 0. The lowest BCUT2D eigenvalue weighted by atomic mass is 9.69. The van der Waals surface area contributed by atoms with Crippen molar-refractivity contribution in [2.45, 2.75) is 39.2 Å². The highest BCUT2D eigenvalue weighted by atomic mass is 16.2. The Kier molecular flexibility index (Phi) is 1.90. The first-order valence-corrected chi connectivity index (χ1v) is 4.90. The Labute approximate surface area is 78.6 Å². The van der Waals surface area contributed by atoms with Crippen LogP contribution in [0, 0.1) is 11.3 Å². The number of amides is 1. The van der Waals surface area contributed by atoms with Crippen molar-refractivity contribution in [3.8, 4) is 0 Å². The molecule has 2 unspecified atom stereocenters. The van der Waals surface area contributed by atoms with Crippen LogP contribution >= 0.6 is 0 Å². The van der Waals surface area contributed by atoms with Crippen molar-refractivity contribution in [3.05, 3.63) is 0 Å². The lowest BCUT2D eigenvalue weighted by molar-refractivity contribution is -0.126. The molecular formula is C10H16N2O. The zero-order chi connectivity index (χ0) is 9.47. The summed E-state index contributed by atoms with van der Waals surface area (Å²) in [6.45, 7) is 4.46. The minimum absolute atomic E-state index is 0.119. The molecule has 3 nitrogen and oxygen atoms in total. The van der Waals surface area contributed by atoms with Crippen molar-refractivity contribution in [1.29, 1.82) is 0 Å². The van der Waals surface area contributed by atoms with E-state index in [1.807, 2.05) is 0 Å². The number of hydrogen-bond acceptors (Lipinski definition) is 2. The highest BCUT2D eigenvalue weighted by molar-refractivity contribution is 5.91. The maximum absolute atomic E-state index is 11.5. The molecule has 0 aromatic rings. The average molecular weight is 180 g/mol. The molecule has 2 rings (SSSR count). The van der Waals surface area contributed by atoms with Crippen LogP contribution < -0.4 is 5.32 Å². The Morgan fingerprint density at radius 1 is 1.62 bits per heavy atom. The van der Waals surface area contributed by atoms with Crippen molar-refractivity contribution < 1.29 is 4.79 Å². The van der Waals surface area contributed by atoms with Gasteiger partial charge in [0, 0.05) is 0 Å². The molecule has 0 aromatic heterocycles. The summed E-state index contributed by atoms with van der Waals surface area (Å²) in [5.41, 5.74) is 0.311. The molecule has 0 aromatic carbocycles. The van der Waals surface area contributed by atoms with Crippen LogP contribution in [0.4, 0.5) is 0 Å². The smallest absolute Gasteiger partial charge is 0.230 e. The Balaban J connectivity index is 2.17. The molecule has 0 bridgehead atoms. The molecule has 0 radical (unpaired) electrons. The molecule has 0 spiro atoms. The van der Waals surface area contributed by atoms with E-state index in [9.17, 15) is 4.79 Å². The molecule has 3 heteroatoms. The number of fused-ring (bicyclic) bond motifs is 1. The van der Waals surface area contributed by atoms with E-state index in [-0.39, 0.29) is 17.9 Å². The fourth-order valence-corrected chi connectivity index (χ4v) is 2.32. The van der Waals surface area contributed by atoms with Crippen molar-refractivity contribution in [3.63, 3.8) is 0 Å². The van der Waals surface area contributed by atoms with Gasteiger partial charge in [0.1, 0.15) is 0 Å². The third-order valence-corrected chi connectivity index (χ3v) is 3.16. The van der Waals surface area contributed by atoms with Gasteiger partial charge in [0.25, 0.3) is 0 Å². The Hall–Kier alpha value is -0.860. The third kappa shape index (κ3) is 1.60. The Morgan fingerprint density at radius 2 is 2.38 bits per heavy atom. The van der Waals surface area contributed by atoms with Gasteiger partial charge in [-0.25, -0.2) is 0 Å². The molecular weight excluding hydrogens is 164 g/mol. The monoisotopic (exact) mass is 180 g/mol. The van der Waals surface area contributed by atoms with Crippen LogP contribution in [0.1, 0.15) is 33.1 Å². The van der Waals surface area contributed by atoms with E-state index >= 15 is 0 Å². The first kappa shape index (κ1) is 8.73. The van der Waals surface area contributed by atoms with E-state index in [2.05, 4.69) is 24.2 Å². The molecule has 1 heterocycles. The third-order valence-electron chi connectivity index (χ3n) is 3.16. The molecule has 1 N–H and O–H groups in total. The van der Waals surface area contributed by atoms with Crippen LogP contribution in [-0.2, 0) is 4.79 Å². The van der Waals surface area contributed by atoms with Crippen LogP contribution in [0.2, 0.25) is 0 Å². The van der Waals surface area contributed by atoms with Gasteiger partial charge in [0.05, 0.1) is 18.3 Å². The molecule has 2 aliphatic rings. The molecule has 13 heavy (non-hydrogen) atoms. The quantitative estimate of drug-likeness (QED) is 0.600. The summed E-state index contributed by atoms with van der Waals surface area (Å²) in [4.78, 5) is 15.8. The summed E-state index contributed by atoms with van der Waals surface area (Å²) in [5, 5.41) is 2.69. The lowest BCUT2D eigenvalue weighted by Gasteiger charge is -2.39. The van der Waals surface area contributed by atoms with Crippen molar-refractivity contribution in [2.75, 3.05) is 0 Å². The minimum Gasteiger partial charge on any atom is -0.317 e. The van der Waals surface area contributed by atoms with Crippen LogP contribution in [0.15, 0.2) is 4.99 Å². The summed E-state index contributed by atoms with van der Waals surface area (Å²) in [5.74, 6) is 0.279. The van der Waals surface area contributed by atoms with Gasteiger partial charge in [-0.1, -0.05) is 13.8 Å². The normalized spacial score (nSPS) is 36.6. The lowest BCUT2D eigenvalue weighted by Crippen LogP contribution is -2.46. The zero-order valence-electron chi connectivity index (χ0n) is 8.21. The molecule has 72 valence electrons. The van der Waals surface area contributed by atoms with Crippen LogP contribution in [0.5, 0.6) is 0 Å². The molecule has 2 atom stereocenters. The van der Waals surface area contributed by atoms with E-state index in [0.29, 0.717) is 5.41 Å². The predicted molar refractivity (Wildman–Crippen MR) is 51.5 cm³/mol. The van der Waals surface area contributed by atoms with Gasteiger partial charge in [-0.3, -0.25) is 9.79 Å². The van der Waals surface area contributed by atoms with E-state index in [1.54, 1.807) is 6.34 Å². The number of carbonyl (C=O) groups is 1. The zero-order valence-corrected chi connectivity index (χ0v) is 8.21. The van der Waals surface area contributed by atoms with Gasteiger partial charge >= 0.3 is 0 Å². The Bertz CT molecular complexity index is 258. The molecule has 1 saturated carbocycles. The predicted octanol–water partition coefficient (Wildman–Crippen LogP) is 1.34. The summed E-state index contributed by atoms with van der Waals surface area (Å²) in [6.07, 6.45) is 4.77. The molecule has 0 saturated heterocycles. The molecule has 1 fully saturated rings.